The molecule has 1 aromatic carbocycles. The van der Waals surface area contributed by atoms with Crippen molar-refractivity contribution in [2.75, 3.05) is 28.2 Å². The molecule has 0 bridgehead atoms. The summed E-state index contributed by atoms with van der Waals surface area (Å²) in [6.45, 7) is 13.1. The second-order valence-electron chi connectivity index (χ2n) is 7.27. The monoisotopic (exact) mass is 306 g/mol. The Morgan fingerprint density at radius 2 is 1.00 bits per heavy atom. The van der Waals surface area contributed by atoms with Crippen LogP contribution >= 0.6 is 0 Å². The lowest BCUT2D eigenvalue weighted by atomic mass is 9.82. The number of aromatic hydroxyl groups is 1. The van der Waals surface area contributed by atoms with Crippen molar-refractivity contribution in [1.29, 1.82) is 0 Å². The molecule has 0 aliphatic rings. The van der Waals surface area contributed by atoms with Gasteiger partial charge in [-0.15, -0.1) is 0 Å². The standard InChI is InChI=1S/C19H34N2O/c1-11(2)16-12(3)17(14(5)20(7)8)19(22)18(13(16)4)15(6)21(9)10/h11,14-15,22H,1-10H3. The Balaban J connectivity index is 3.79. The van der Waals surface area contributed by atoms with E-state index in [1.807, 2.05) is 0 Å². The van der Waals surface area contributed by atoms with Crippen LogP contribution in [0.5, 0.6) is 5.75 Å². The second-order valence-corrected chi connectivity index (χ2v) is 7.27. The Morgan fingerprint density at radius 1 is 0.682 bits per heavy atom. The second kappa shape index (κ2) is 7.01. The van der Waals surface area contributed by atoms with Gasteiger partial charge in [-0.1, -0.05) is 13.8 Å². The molecular weight excluding hydrogens is 272 g/mol. The van der Waals surface area contributed by atoms with Crippen molar-refractivity contribution in [3.05, 3.63) is 27.8 Å². The third-order valence-corrected chi connectivity index (χ3v) is 5.09. The highest BCUT2D eigenvalue weighted by Gasteiger charge is 2.27. The molecule has 3 heteroatoms. The molecule has 126 valence electrons. The average molecular weight is 306 g/mol. The maximum atomic E-state index is 11.0. The van der Waals surface area contributed by atoms with Crippen molar-refractivity contribution in [1.82, 2.24) is 9.80 Å². The molecule has 2 unspecified atom stereocenters. The molecule has 0 heterocycles. The molecule has 0 spiro atoms. The summed E-state index contributed by atoms with van der Waals surface area (Å²) in [5, 5.41) is 11.0. The summed E-state index contributed by atoms with van der Waals surface area (Å²) in [6, 6.07) is 0.373. The lowest BCUT2D eigenvalue weighted by molar-refractivity contribution is 0.294. The molecule has 2 atom stereocenters. The largest absolute Gasteiger partial charge is 0.507 e. The van der Waals surface area contributed by atoms with Crippen molar-refractivity contribution >= 4 is 0 Å². The molecule has 1 N–H and O–H groups in total. The highest BCUT2D eigenvalue weighted by atomic mass is 16.3. The van der Waals surface area contributed by atoms with Gasteiger partial charge in [0, 0.05) is 23.2 Å². The normalized spacial score (nSPS) is 15.0. The molecule has 1 aromatic rings. The fourth-order valence-corrected chi connectivity index (χ4v) is 3.48. The Kier molecular flexibility index (Phi) is 6.05. The quantitative estimate of drug-likeness (QED) is 0.874. The minimum atomic E-state index is 0.186. The van der Waals surface area contributed by atoms with Crippen molar-refractivity contribution in [2.45, 2.75) is 59.5 Å². The van der Waals surface area contributed by atoms with Crippen LogP contribution in [0.2, 0.25) is 0 Å². The fraction of sp³-hybridized carbons (Fsp3) is 0.684. The zero-order chi connectivity index (χ0) is 17.4. The predicted molar refractivity (Wildman–Crippen MR) is 95.9 cm³/mol. The van der Waals surface area contributed by atoms with Crippen molar-refractivity contribution in [3.8, 4) is 5.75 Å². The van der Waals surface area contributed by atoms with E-state index in [4.69, 9.17) is 0 Å². The molecule has 0 amide bonds. The summed E-state index contributed by atoms with van der Waals surface area (Å²) < 4.78 is 0. The Bertz CT molecular complexity index is 492. The molecule has 0 saturated carbocycles. The van der Waals surface area contributed by atoms with Crippen LogP contribution in [0.25, 0.3) is 0 Å². The summed E-state index contributed by atoms with van der Waals surface area (Å²) in [5.41, 5.74) is 6.00. The van der Waals surface area contributed by atoms with Gasteiger partial charge in [0.1, 0.15) is 5.75 Å². The number of rotatable bonds is 5. The molecule has 0 aromatic heterocycles. The molecule has 3 nitrogen and oxygen atoms in total. The first-order chi connectivity index (χ1) is 10.0. The van der Waals surface area contributed by atoms with Gasteiger partial charge in [0.05, 0.1) is 0 Å². The Labute approximate surface area is 136 Å². The van der Waals surface area contributed by atoms with Gasteiger partial charge in [0.25, 0.3) is 0 Å². The molecule has 0 aliphatic heterocycles. The van der Waals surface area contributed by atoms with Crippen LogP contribution in [0, 0.1) is 13.8 Å². The van der Waals surface area contributed by atoms with Gasteiger partial charge < -0.3 is 14.9 Å². The van der Waals surface area contributed by atoms with E-state index in [0.717, 1.165) is 11.1 Å². The minimum Gasteiger partial charge on any atom is -0.507 e. The minimum absolute atomic E-state index is 0.186. The first-order valence-electron chi connectivity index (χ1n) is 8.20. The molecule has 0 radical (unpaired) electrons. The predicted octanol–water partition coefficient (Wildman–Crippen LogP) is 4.38. The van der Waals surface area contributed by atoms with E-state index in [0.29, 0.717) is 11.7 Å². The van der Waals surface area contributed by atoms with Gasteiger partial charge in [-0.25, -0.2) is 0 Å². The summed E-state index contributed by atoms with van der Waals surface area (Å²) in [5.74, 6) is 0.920. The number of hydrogen-bond donors (Lipinski definition) is 1. The first kappa shape index (κ1) is 19.0. The van der Waals surface area contributed by atoms with Crippen LogP contribution in [-0.4, -0.2) is 43.1 Å². The average Bonchev–Trinajstić information content (AvgIpc) is 2.37. The van der Waals surface area contributed by atoms with Gasteiger partial charge in [-0.3, -0.25) is 0 Å². The van der Waals surface area contributed by atoms with Gasteiger partial charge in [0.15, 0.2) is 0 Å². The number of hydrogen-bond acceptors (Lipinski definition) is 3. The fourth-order valence-electron chi connectivity index (χ4n) is 3.48. The maximum absolute atomic E-state index is 11.0. The maximum Gasteiger partial charge on any atom is 0.125 e. The molecule has 22 heavy (non-hydrogen) atoms. The van der Waals surface area contributed by atoms with E-state index in [1.54, 1.807) is 0 Å². The SMILES string of the molecule is Cc1c(C(C)C)c(C)c(C(C)N(C)C)c(O)c1C(C)N(C)C. The highest BCUT2D eigenvalue weighted by molar-refractivity contribution is 5.57. The smallest absolute Gasteiger partial charge is 0.125 e. The van der Waals surface area contributed by atoms with Crippen LogP contribution in [0.3, 0.4) is 0 Å². The summed E-state index contributed by atoms with van der Waals surface area (Å²) in [4.78, 5) is 4.32. The van der Waals surface area contributed by atoms with Gasteiger partial charge in [-0.05, 0) is 78.5 Å². The Morgan fingerprint density at radius 3 is 1.23 bits per heavy atom. The molecule has 0 fully saturated rings. The van der Waals surface area contributed by atoms with E-state index in [1.165, 1.54) is 16.7 Å². The van der Waals surface area contributed by atoms with Crippen molar-refractivity contribution < 1.29 is 5.11 Å². The number of benzene rings is 1. The summed E-state index contributed by atoms with van der Waals surface area (Å²) in [6.07, 6.45) is 0. The Hall–Kier alpha value is -1.06. The zero-order valence-corrected chi connectivity index (χ0v) is 16.1. The van der Waals surface area contributed by atoms with E-state index in [9.17, 15) is 5.11 Å². The van der Waals surface area contributed by atoms with Crippen LogP contribution in [-0.2, 0) is 0 Å². The zero-order valence-electron chi connectivity index (χ0n) is 16.1. The molecule has 1 rings (SSSR count). The van der Waals surface area contributed by atoms with Crippen LogP contribution in [0.15, 0.2) is 0 Å². The lowest BCUT2D eigenvalue weighted by Crippen LogP contribution is -2.23. The number of phenols is 1. The summed E-state index contributed by atoms with van der Waals surface area (Å²) in [7, 11) is 8.25. The van der Waals surface area contributed by atoms with E-state index >= 15 is 0 Å². The molecule has 0 saturated heterocycles. The van der Waals surface area contributed by atoms with Crippen molar-refractivity contribution in [3.63, 3.8) is 0 Å². The van der Waals surface area contributed by atoms with Crippen LogP contribution in [0.1, 0.15) is 73.5 Å². The first-order valence-corrected chi connectivity index (χ1v) is 8.20. The van der Waals surface area contributed by atoms with Crippen molar-refractivity contribution in [2.24, 2.45) is 0 Å². The molecular formula is C19H34N2O. The van der Waals surface area contributed by atoms with Crippen LogP contribution < -0.4 is 0 Å². The third kappa shape index (κ3) is 3.31. The lowest BCUT2D eigenvalue weighted by Gasteiger charge is -2.32. The van der Waals surface area contributed by atoms with Gasteiger partial charge in [-0.2, -0.15) is 0 Å². The topological polar surface area (TPSA) is 26.7 Å². The van der Waals surface area contributed by atoms with E-state index in [-0.39, 0.29) is 12.1 Å². The highest BCUT2D eigenvalue weighted by Crippen LogP contribution is 2.43. The number of nitrogens with zero attached hydrogens (tertiary/aromatic N) is 2. The van der Waals surface area contributed by atoms with Gasteiger partial charge >= 0.3 is 0 Å². The van der Waals surface area contributed by atoms with Crippen LogP contribution in [0.4, 0.5) is 0 Å². The third-order valence-electron chi connectivity index (χ3n) is 5.09. The number of phenolic OH excluding ortho intramolecular Hbond substituents is 1. The van der Waals surface area contributed by atoms with E-state index in [2.05, 4.69) is 79.5 Å². The van der Waals surface area contributed by atoms with Gasteiger partial charge in [0.2, 0.25) is 0 Å². The molecule has 0 aliphatic carbocycles. The van der Waals surface area contributed by atoms with E-state index < -0.39 is 0 Å². The summed E-state index contributed by atoms with van der Waals surface area (Å²) >= 11 is 0.